The lowest BCUT2D eigenvalue weighted by molar-refractivity contribution is -0.127. The first-order valence-corrected chi connectivity index (χ1v) is 17.8. The van der Waals surface area contributed by atoms with Gasteiger partial charge < -0.3 is 5.32 Å². The van der Waals surface area contributed by atoms with Crippen molar-refractivity contribution in [1.82, 2.24) is 10.3 Å². The van der Waals surface area contributed by atoms with E-state index in [0.29, 0.717) is 0 Å². The van der Waals surface area contributed by atoms with Crippen LogP contribution in [0.5, 0.6) is 0 Å². The van der Waals surface area contributed by atoms with E-state index >= 15 is 0 Å². The molecule has 45 heavy (non-hydrogen) atoms. The molecule has 0 bridgehead atoms. The predicted molar refractivity (Wildman–Crippen MR) is 168 cm³/mol. The second-order valence-electron chi connectivity index (χ2n) is 10.9. The van der Waals surface area contributed by atoms with Gasteiger partial charge in [0.15, 0.2) is 0 Å². The van der Waals surface area contributed by atoms with Crippen LogP contribution < -0.4 is 19.7 Å². The van der Waals surface area contributed by atoms with Gasteiger partial charge in [0.25, 0.3) is 5.91 Å². The van der Waals surface area contributed by atoms with E-state index in [1.165, 1.54) is 36.5 Å². The van der Waals surface area contributed by atoms with E-state index in [9.17, 15) is 31.7 Å². The number of rotatable bonds is 8. The minimum Gasteiger partial charge on any atom is -0.351 e. The molecule has 3 N–H and O–H groups in total. The van der Waals surface area contributed by atoms with E-state index in [1.54, 1.807) is 24.3 Å². The second-order valence-corrected chi connectivity index (χ2v) is 14.9. The zero-order valence-corrected chi connectivity index (χ0v) is 26.4. The number of hydrogen-bond acceptors (Lipinski definition) is 8. The lowest BCUT2D eigenvalue weighted by atomic mass is 9.94. The van der Waals surface area contributed by atoms with Gasteiger partial charge in [0.05, 0.1) is 22.3 Å². The van der Waals surface area contributed by atoms with Crippen LogP contribution in [0.3, 0.4) is 0 Å². The number of benzene rings is 2. The number of hydrogen-bond donors (Lipinski definition) is 2. The molecule has 0 spiro atoms. The highest BCUT2D eigenvalue weighted by atomic mass is 35.5. The van der Waals surface area contributed by atoms with Gasteiger partial charge in [-0.1, -0.05) is 55.1 Å². The minimum absolute atomic E-state index is 0.0155. The Morgan fingerprint density at radius 3 is 2.49 bits per heavy atom. The van der Waals surface area contributed by atoms with Crippen molar-refractivity contribution < 1.29 is 26.4 Å². The van der Waals surface area contributed by atoms with Gasteiger partial charge in [-0.15, -0.1) is 0 Å². The molecule has 0 radical (unpaired) electrons. The Labute approximate surface area is 266 Å². The number of anilines is 2. The van der Waals surface area contributed by atoms with Crippen molar-refractivity contribution in [2.24, 2.45) is 5.14 Å². The first kappa shape index (κ1) is 32.4. The normalized spacial score (nSPS) is 19.0. The lowest BCUT2D eigenvalue weighted by Crippen LogP contribution is -2.53. The van der Waals surface area contributed by atoms with Crippen LogP contribution in [0.25, 0.3) is 0 Å². The van der Waals surface area contributed by atoms with Gasteiger partial charge in [0.1, 0.15) is 17.9 Å². The second kappa shape index (κ2) is 13.1. The minimum atomic E-state index is -4.24. The number of carbonyl (C=O) groups excluding carboxylic acids is 2. The molecule has 3 aromatic rings. The Kier molecular flexibility index (Phi) is 9.45. The standard InChI is InChI=1S/C30H31ClN6O6S2/c31-25-12-5-4-11-24(25)28(29(38)35-21-7-2-1-3-8-21)36(22-9-6-10-23(18-22)45(33,42)43)30(39)26-14-16-44(40,41)37(26)27-17-20(19-32)13-15-34-27/h4-6,9-13,15,17-18,21,26,28H,1-3,7-8,14,16H2,(H,35,38)(H2,33,42,43)/t26-,28+/m0/s1. The van der Waals surface area contributed by atoms with Crippen LogP contribution >= 0.6 is 11.6 Å². The van der Waals surface area contributed by atoms with Crippen LogP contribution in [0.15, 0.2) is 71.8 Å². The van der Waals surface area contributed by atoms with Crippen LogP contribution in [0.2, 0.25) is 5.02 Å². The summed E-state index contributed by atoms with van der Waals surface area (Å²) in [5, 5.41) is 18.1. The van der Waals surface area contributed by atoms with Crippen LogP contribution in [0.1, 0.15) is 55.7 Å². The Morgan fingerprint density at radius 1 is 1.07 bits per heavy atom. The number of sulfonamides is 2. The maximum atomic E-state index is 14.8. The number of primary sulfonamides is 1. The zero-order valence-electron chi connectivity index (χ0n) is 24.0. The Bertz CT molecular complexity index is 1880. The first-order valence-electron chi connectivity index (χ1n) is 14.3. The molecule has 12 nitrogen and oxygen atoms in total. The third kappa shape index (κ3) is 6.96. The molecule has 2 atom stereocenters. The molecular formula is C30H31ClN6O6S2. The molecule has 2 heterocycles. The van der Waals surface area contributed by atoms with Crippen molar-refractivity contribution in [1.29, 1.82) is 5.26 Å². The number of nitriles is 1. The molecule has 1 aromatic heterocycles. The van der Waals surface area contributed by atoms with Gasteiger partial charge in [-0.3, -0.25) is 14.5 Å². The number of nitrogens with one attached hydrogen (secondary N) is 1. The molecule has 1 aliphatic heterocycles. The zero-order chi connectivity index (χ0) is 32.4. The van der Waals surface area contributed by atoms with E-state index in [2.05, 4.69) is 10.3 Å². The van der Waals surface area contributed by atoms with E-state index in [0.717, 1.165) is 47.4 Å². The molecule has 2 aromatic carbocycles. The van der Waals surface area contributed by atoms with Crippen LogP contribution in [-0.2, 0) is 29.6 Å². The number of carbonyl (C=O) groups is 2. The summed E-state index contributed by atoms with van der Waals surface area (Å²) < 4.78 is 52.3. The van der Waals surface area contributed by atoms with Gasteiger partial charge in [-0.2, -0.15) is 5.26 Å². The van der Waals surface area contributed by atoms with Crippen molar-refractivity contribution in [3.63, 3.8) is 0 Å². The molecular weight excluding hydrogens is 640 g/mol. The van der Waals surface area contributed by atoms with Gasteiger partial charge in [-0.25, -0.2) is 31.3 Å². The molecule has 2 amide bonds. The van der Waals surface area contributed by atoms with Crippen molar-refractivity contribution in [3.05, 3.63) is 83.0 Å². The van der Waals surface area contributed by atoms with Gasteiger partial charge in [0, 0.05) is 28.5 Å². The third-order valence-corrected chi connectivity index (χ3v) is 11.0. The fourth-order valence-electron chi connectivity index (χ4n) is 5.80. The first-order chi connectivity index (χ1) is 21.4. The van der Waals surface area contributed by atoms with Crippen molar-refractivity contribution in [2.45, 2.75) is 61.5 Å². The largest absolute Gasteiger partial charge is 0.351 e. The molecule has 1 saturated heterocycles. The van der Waals surface area contributed by atoms with E-state index < -0.39 is 49.7 Å². The fourth-order valence-corrected chi connectivity index (χ4v) is 8.28. The number of halogens is 1. The maximum absolute atomic E-state index is 14.8. The smallest absolute Gasteiger partial charge is 0.252 e. The summed E-state index contributed by atoms with van der Waals surface area (Å²) in [6.45, 7) is 0. The highest BCUT2D eigenvalue weighted by Gasteiger charge is 2.47. The molecule has 1 aliphatic carbocycles. The summed E-state index contributed by atoms with van der Waals surface area (Å²) in [5.41, 5.74) is 0.365. The number of pyridine rings is 1. The molecule has 5 rings (SSSR count). The van der Waals surface area contributed by atoms with Gasteiger partial charge in [-0.05, 0) is 55.7 Å². The van der Waals surface area contributed by atoms with Gasteiger partial charge >= 0.3 is 0 Å². The Morgan fingerprint density at radius 2 is 1.80 bits per heavy atom. The van der Waals surface area contributed by atoms with E-state index in [-0.39, 0.29) is 45.0 Å². The molecule has 236 valence electrons. The molecule has 2 aliphatic rings. The Balaban J connectivity index is 1.69. The summed E-state index contributed by atoms with van der Waals surface area (Å²) in [6, 6.07) is 13.3. The summed E-state index contributed by atoms with van der Waals surface area (Å²) in [6.07, 6.45) is 5.47. The van der Waals surface area contributed by atoms with Crippen molar-refractivity contribution >= 4 is 55.0 Å². The quantitative estimate of drug-likeness (QED) is 0.365. The maximum Gasteiger partial charge on any atom is 0.252 e. The highest BCUT2D eigenvalue weighted by molar-refractivity contribution is 7.93. The topological polar surface area (TPSA) is 184 Å². The summed E-state index contributed by atoms with van der Waals surface area (Å²) in [7, 11) is -8.31. The van der Waals surface area contributed by atoms with Gasteiger partial charge in [0.2, 0.25) is 26.0 Å². The number of amides is 2. The highest BCUT2D eigenvalue weighted by Crippen LogP contribution is 2.37. The fraction of sp³-hybridized carbons (Fsp3) is 0.333. The van der Waals surface area contributed by atoms with Crippen molar-refractivity contribution in [3.8, 4) is 6.07 Å². The summed E-state index contributed by atoms with van der Waals surface area (Å²) >= 11 is 6.63. The molecule has 2 fully saturated rings. The SMILES string of the molecule is N#Cc1ccnc(N2[C@H](C(=O)N(c3cccc(S(N)(=O)=O)c3)[C@@H](C(=O)NC3CCCCC3)c3ccccc3Cl)CCS2(=O)=O)c1. The average molecular weight is 671 g/mol. The lowest BCUT2D eigenvalue weighted by Gasteiger charge is -2.36. The van der Waals surface area contributed by atoms with Crippen LogP contribution in [0, 0.1) is 11.3 Å². The van der Waals surface area contributed by atoms with E-state index in [4.69, 9.17) is 16.7 Å². The van der Waals surface area contributed by atoms with E-state index in [1.807, 2.05) is 6.07 Å². The Hall–Kier alpha value is -4.03. The average Bonchev–Trinajstić information content (AvgIpc) is 3.34. The van der Waals surface area contributed by atoms with Crippen molar-refractivity contribution in [2.75, 3.05) is 15.0 Å². The number of aromatic nitrogens is 1. The molecule has 1 saturated carbocycles. The van der Waals surface area contributed by atoms with Crippen LogP contribution in [-0.4, -0.2) is 51.5 Å². The molecule has 0 unspecified atom stereocenters. The number of nitrogens with zero attached hydrogens (tertiary/aromatic N) is 4. The predicted octanol–water partition coefficient (Wildman–Crippen LogP) is 3.39. The monoisotopic (exact) mass is 670 g/mol. The number of nitrogens with two attached hydrogens (primary N) is 1. The molecule has 15 heteroatoms. The summed E-state index contributed by atoms with van der Waals surface area (Å²) in [4.78, 5) is 33.9. The summed E-state index contributed by atoms with van der Waals surface area (Å²) in [5.74, 6) is -1.93. The third-order valence-electron chi connectivity index (χ3n) is 7.94. The van der Waals surface area contributed by atoms with Crippen LogP contribution in [0.4, 0.5) is 11.5 Å².